The minimum atomic E-state index is -3.39. The van der Waals surface area contributed by atoms with Crippen LogP contribution in [0.15, 0.2) is 22.5 Å². The van der Waals surface area contributed by atoms with E-state index in [0.29, 0.717) is 15.9 Å². The maximum Gasteiger partial charge on any atom is 1.00 e. The average Bonchev–Trinajstić information content (AvgIpc) is 3.04. The van der Waals surface area contributed by atoms with E-state index < -0.39 is 50.9 Å². The van der Waals surface area contributed by atoms with E-state index >= 15 is 0 Å². The summed E-state index contributed by atoms with van der Waals surface area (Å²) in [6.45, 7) is 0.0499. The van der Waals surface area contributed by atoms with Gasteiger partial charge in [0, 0.05) is 31.2 Å². The van der Waals surface area contributed by atoms with E-state index in [-0.39, 0.29) is 89.4 Å². The van der Waals surface area contributed by atoms with Gasteiger partial charge in [0.05, 0.1) is 51.3 Å². The molecule has 11 nitrogen and oxygen atoms in total. The Labute approximate surface area is 238 Å². The molecular formula is C15H18N2Na2O9S4. The maximum absolute atomic E-state index is 11.6. The Kier molecular flexibility index (Phi) is 13.5. The normalized spacial score (nSPS) is 23.0. The quantitative estimate of drug-likeness (QED) is 0.182. The molecular weight excluding hydrogens is 526 g/mol. The van der Waals surface area contributed by atoms with Gasteiger partial charge in [0.2, 0.25) is 14.2 Å². The molecule has 0 saturated heterocycles. The van der Waals surface area contributed by atoms with Crippen LogP contribution in [0.4, 0.5) is 5.69 Å². The third-order valence-corrected chi connectivity index (χ3v) is 7.84. The third kappa shape index (κ3) is 9.54. The minimum absolute atomic E-state index is 0. The number of benzene rings is 1. The molecule has 2 aromatic rings. The average molecular weight is 545 g/mol. The SMILES string of the molecule is CS(=O)(=O)c1nc2ccc(NCOC3CC(OS(=O)[O-])CC(OS(=O)[O-])C3)cc2s1.[Na+].[Na+]. The van der Waals surface area contributed by atoms with Gasteiger partial charge in [-0.3, -0.25) is 8.37 Å². The molecule has 1 heterocycles. The number of nitrogens with zero attached hydrogens (tertiary/aromatic N) is 1. The Morgan fingerprint density at radius 3 is 2.19 bits per heavy atom. The number of thiazole rings is 1. The molecule has 17 heteroatoms. The Balaban J connectivity index is 0.00000256. The summed E-state index contributed by atoms with van der Waals surface area (Å²) in [4.78, 5) is 4.09. The van der Waals surface area contributed by atoms with Gasteiger partial charge >= 0.3 is 59.1 Å². The Hall–Kier alpha value is 0.960. The number of rotatable bonds is 9. The van der Waals surface area contributed by atoms with E-state index in [4.69, 9.17) is 13.1 Å². The van der Waals surface area contributed by atoms with Crippen molar-refractivity contribution in [1.82, 2.24) is 4.98 Å². The molecule has 1 aliphatic carbocycles. The molecule has 0 bridgehead atoms. The van der Waals surface area contributed by atoms with Gasteiger partial charge in [-0.2, -0.15) is 0 Å². The number of aromatic nitrogens is 1. The van der Waals surface area contributed by atoms with E-state index in [1.807, 2.05) is 0 Å². The topological polar surface area (TPSA) is 167 Å². The fourth-order valence-electron chi connectivity index (χ4n) is 3.10. The van der Waals surface area contributed by atoms with Crippen LogP contribution in [-0.2, 0) is 45.7 Å². The second kappa shape index (κ2) is 13.9. The predicted octanol–water partition coefficient (Wildman–Crippen LogP) is -5.00. The zero-order valence-corrected chi connectivity index (χ0v) is 24.8. The molecule has 1 aromatic heterocycles. The molecule has 1 aliphatic rings. The number of fused-ring (bicyclic) bond motifs is 1. The van der Waals surface area contributed by atoms with Crippen LogP contribution >= 0.6 is 11.3 Å². The number of hydrogen-bond acceptors (Lipinski definition) is 12. The van der Waals surface area contributed by atoms with E-state index in [1.54, 1.807) is 18.2 Å². The van der Waals surface area contributed by atoms with Crippen LogP contribution in [-0.4, -0.2) is 62.2 Å². The minimum Gasteiger partial charge on any atom is -0.750 e. The third-order valence-electron chi connectivity index (χ3n) is 4.29. The summed E-state index contributed by atoms with van der Waals surface area (Å²) in [6.07, 6.45) is -0.269. The summed E-state index contributed by atoms with van der Waals surface area (Å²) in [5.74, 6) is 0. The van der Waals surface area contributed by atoms with Gasteiger partial charge in [0.1, 0.15) is 6.73 Å². The van der Waals surface area contributed by atoms with Crippen LogP contribution in [0.1, 0.15) is 19.3 Å². The van der Waals surface area contributed by atoms with Crippen molar-refractivity contribution in [2.24, 2.45) is 0 Å². The monoisotopic (exact) mass is 544 g/mol. The zero-order valence-electron chi connectivity index (χ0n) is 17.5. The second-order valence-electron chi connectivity index (χ2n) is 6.60. The molecule has 3 rings (SSSR count). The molecule has 1 fully saturated rings. The summed E-state index contributed by atoms with van der Waals surface area (Å²) in [5.41, 5.74) is 1.24. The van der Waals surface area contributed by atoms with E-state index in [1.165, 1.54) is 0 Å². The van der Waals surface area contributed by atoms with Gasteiger partial charge in [0.25, 0.3) is 0 Å². The van der Waals surface area contributed by atoms with Crippen LogP contribution in [0, 0.1) is 0 Å². The number of hydrogen-bond donors (Lipinski definition) is 1. The number of ether oxygens (including phenoxy) is 1. The standard InChI is InChI=1S/C15H20N2O9S4.2Na/c1-30(22,23)15-17-13-3-2-9(4-14(13)27-15)16-8-24-10-5-11(25-28(18)19)7-12(6-10)26-29(20)21;;/h2-4,10-12,16H,5-8H2,1H3,(H,18,19)(H,20,21);;/q;2*+1/p-2. The Morgan fingerprint density at radius 1 is 1.09 bits per heavy atom. The van der Waals surface area contributed by atoms with Gasteiger partial charge < -0.3 is 19.2 Å². The maximum atomic E-state index is 11.6. The Morgan fingerprint density at radius 2 is 1.66 bits per heavy atom. The van der Waals surface area contributed by atoms with Crippen LogP contribution in [0.2, 0.25) is 0 Å². The van der Waals surface area contributed by atoms with Crippen molar-refractivity contribution in [3.63, 3.8) is 0 Å². The fourth-order valence-corrected chi connectivity index (χ4v) is 5.73. The molecule has 1 N–H and O–H groups in total. The molecule has 4 unspecified atom stereocenters. The molecule has 0 radical (unpaired) electrons. The Bertz CT molecular complexity index is 1030. The van der Waals surface area contributed by atoms with E-state index in [9.17, 15) is 25.9 Å². The smallest absolute Gasteiger partial charge is 0.750 e. The van der Waals surface area contributed by atoms with Gasteiger partial charge in [-0.25, -0.2) is 21.8 Å². The van der Waals surface area contributed by atoms with E-state index in [0.717, 1.165) is 17.6 Å². The van der Waals surface area contributed by atoms with Crippen molar-refractivity contribution in [2.75, 3.05) is 18.3 Å². The van der Waals surface area contributed by atoms with Gasteiger partial charge in [-0.05, 0) is 18.2 Å². The van der Waals surface area contributed by atoms with Crippen molar-refractivity contribution >= 4 is 59.8 Å². The van der Waals surface area contributed by atoms with Crippen molar-refractivity contribution in [2.45, 2.75) is 41.9 Å². The first-order valence-electron chi connectivity index (χ1n) is 8.59. The molecule has 1 aromatic carbocycles. The molecule has 4 atom stereocenters. The summed E-state index contributed by atoms with van der Waals surface area (Å²) in [6, 6.07) is 5.15. The summed E-state index contributed by atoms with van der Waals surface area (Å²) < 4.78 is 82.4. The number of anilines is 1. The van der Waals surface area contributed by atoms with Crippen LogP contribution in [0.25, 0.3) is 10.2 Å². The van der Waals surface area contributed by atoms with Crippen molar-refractivity contribution in [1.29, 1.82) is 0 Å². The first kappa shape index (κ1) is 31.0. The van der Waals surface area contributed by atoms with Crippen LogP contribution in [0.5, 0.6) is 0 Å². The fraction of sp³-hybridized carbons (Fsp3) is 0.533. The van der Waals surface area contributed by atoms with Gasteiger partial charge in [0.15, 0.2) is 0 Å². The van der Waals surface area contributed by atoms with Crippen LogP contribution in [0.3, 0.4) is 0 Å². The molecule has 0 aliphatic heterocycles. The first-order valence-corrected chi connectivity index (χ1v) is 13.3. The van der Waals surface area contributed by atoms with Gasteiger partial charge in [-0.15, -0.1) is 11.3 Å². The van der Waals surface area contributed by atoms with E-state index in [2.05, 4.69) is 10.3 Å². The molecule has 32 heavy (non-hydrogen) atoms. The predicted molar refractivity (Wildman–Crippen MR) is 108 cm³/mol. The number of nitrogens with one attached hydrogen (secondary N) is 1. The largest absolute Gasteiger partial charge is 1.00 e. The molecule has 0 spiro atoms. The summed E-state index contributed by atoms with van der Waals surface area (Å²) >= 11 is -4.41. The summed E-state index contributed by atoms with van der Waals surface area (Å²) in [5, 5.41) is 3.03. The summed E-state index contributed by atoms with van der Waals surface area (Å²) in [7, 11) is -3.39. The second-order valence-corrected chi connectivity index (χ2v) is 11.0. The van der Waals surface area contributed by atoms with Crippen molar-refractivity contribution < 1.29 is 98.2 Å². The van der Waals surface area contributed by atoms with Crippen molar-refractivity contribution in [3.05, 3.63) is 18.2 Å². The van der Waals surface area contributed by atoms with Gasteiger partial charge in [-0.1, -0.05) is 0 Å². The molecule has 0 amide bonds. The van der Waals surface area contributed by atoms with Crippen molar-refractivity contribution in [3.8, 4) is 0 Å². The zero-order chi connectivity index (χ0) is 21.9. The number of sulfone groups is 1. The molecule has 1 saturated carbocycles. The molecule has 168 valence electrons. The van der Waals surface area contributed by atoms with Crippen LogP contribution < -0.4 is 64.4 Å². The first-order chi connectivity index (χ1) is 14.1.